The Morgan fingerprint density at radius 3 is 2.30 bits per heavy atom. The summed E-state index contributed by atoms with van der Waals surface area (Å²) in [6, 6.07) is 20.2. The minimum absolute atomic E-state index is 0.188. The van der Waals surface area contributed by atoms with Gasteiger partial charge in [0.25, 0.3) is 0 Å². The van der Waals surface area contributed by atoms with Crippen molar-refractivity contribution in [1.29, 1.82) is 0 Å². The number of anilines is 1. The molecule has 30 heavy (non-hydrogen) atoms. The zero-order chi connectivity index (χ0) is 20.8. The summed E-state index contributed by atoms with van der Waals surface area (Å²) in [7, 11) is 0. The van der Waals surface area contributed by atoms with Crippen LogP contribution in [0.3, 0.4) is 0 Å². The molecule has 154 valence electrons. The Morgan fingerprint density at radius 2 is 1.63 bits per heavy atom. The molecule has 1 amide bonds. The lowest BCUT2D eigenvalue weighted by atomic mass is 10.1. The van der Waals surface area contributed by atoms with Crippen LogP contribution in [0.1, 0.15) is 5.56 Å². The zero-order valence-corrected chi connectivity index (χ0v) is 17.4. The first kappa shape index (κ1) is 20.3. The van der Waals surface area contributed by atoms with Crippen LogP contribution in [0.4, 0.5) is 10.2 Å². The van der Waals surface area contributed by atoms with Gasteiger partial charge in [0, 0.05) is 37.5 Å². The fraction of sp³-hybridized carbons (Fsp3) is 0.261. The Kier molecular flexibility index (Phi) is 6.59. The van der Waals surface area contributed by atoms with Crippen molar-refractivity contribution in [2.45, 2.75) is 5.75 Å². The summed E-state index contributed by atoms with van der Waals surface area (Å²) in [5, 5.41) is 8.61. The van der Waals surface area contributed by atoms with E-state index in [1.165, 1.54) is 17.7 Å². The van der Waals surface area contributed by atoms with Gasteiger partial charge in [-0.2, -0.15) is 0 Å². The summed E-state index contributed by atoms with van der Waals surface area (Å²) in [5.41, 5.74) is 2.78. The van der Waals surface area contributed by atoms with Crippen LogP contribution in [-0.4, -0.2) is 52.9 Å². The number of halogens is 1. The van der Waals surface area contributed by atoms with Gasteiger partial charge in [-0.25, -0.2) is 4.39 Å². The van der Waals surface area contributed by atoms with Gasteiger partial charge in [0.05, 0.1) is 11.4 Å². The number of hydrogen-bond acceptors (Lipinski definition) is 5. The normalized spacial score (nSPS) is 14.0. The first-order valence-electron chi connectivity index (χ1n) is 9.93. The molecule has 1 aliphatic heterocycles. The molecule has 1 fully saturated rings. The predicted octanol–water partition coefficient (Wildman–Crippen LogP) is 3.86. The molecule has 1 saturated heterocycles. The summed E-state index contributed by atoms with van der Waals surface area (Å²) in [4.78, 5) is 16.6. The van der Waals surface area contributed by atoms with Crippen LogP contribution in [-0.2, 0) is 10.5 Å². The number of benzene rings is 2. The third-order valence-electron chi connectivity index (χ3n) is 5.08. The monoisotopic (exact) mass is 422 g/mol. The van der Waals surface area contributed by atoms with Gasteiger partial charge in [-0.05, 0) is 42.0 Å². The lowest BCUT2D eigenvalue weighted by Gasteiger charge is -2.35. The van der Waals surface area contributed by atoms with Gasteiger partial charge in [0.1, 0.15) is 5.82 Å². The Hall–Kier alpha value is -2.93. The molecule has 1 aliphatic rings. The van der Waals surface area contributed by atoms with Gasteiger partial charge < -0.3 is 9.80 Å². The number of piperazine rings is 1. The molecular weight excluding hydrogens is 399 g/mol. The van der Waals surface area contributed by atoms with Gasteiger partial charge in [-0.15, -0.1) is 22.0 Å². The Balaban J connectivity index is 1.25. The molecule has 0 spiro atoms. The van der Waals surface area contributed by atoms with Gasteiger partial charge in [-0.3, -0.25) is 4.79 Å². The summed E-state index contributed by atoms with van der Waals surface area (Å²) >= 11 is 1.66. The van der Waals surface area contributed by atoms with Crippen molar-refractivity contribution in [2.24, 2.45) is 0 Å². The number of rotatable bonds is 6. The van der Waals surface area contributed by atoms with Crippen LogP contribution in [0.25, 0.3) is 11.3 Å². The van der Waals surface area contributed by atoms with E-state index in [1.54, 1.807) is 23.9 Å². The molecule has 1 aromatic heterocycles. The molecule has 4 rings (SSSR count). The van der Waals surface area contributed by atoms with Crippen LogP contribution in [0, 0.1) is 5.82 Å². The van der Waals surface area contributed by atoms with Crippen molar-refractivity contribution < 1.29 is 9.18 Å². The average Bonchev–Trinajstić information content (AvgIpc) is 2.80. The molecule has 0 bridgehead atoms. The first-order chi connectivity index (χ1) is 14.7. The lowest BCUT2D eigenvalue weighted by molar-refractivity contribution is -0.128. The highest BCUT2D eigenvalue weighted by molar-refractivity contribution is 7.99. The standard InChI is InChI=1S/C23H23FN4OS/c24-20-8-6-19(7-9-20)21-10-11-22(26-25-21)27-12-14-28(15-13-27)23(29)17-30-16-18-4-2-1-3-5-18/h1-11H,12-17H2. The molecule has 0 N–H and O–H groups in total. The van der Waals surface area contributed by atoms with E-state index in [9.17, 15) is 9.18 Å². The van der Waals surface area contributed by atoms with E-state index >= 15 is 0 Å². The van der Waals surface area contributed by atoms with Crippen LogP contribution in [0.5, 0.6) is 0 Å². The number of hydrogen-bond donors (Lipinski definition) is 0. The number of carbonyl (C=O) groups excluding carboxylic acids is 1. The second kappa shape index (κ2) is 9.71. The maximum absolute atomic E-state index is 13.1. The fourth-order valence-electron chi connectivity index (χ4n) is 3.38. The van der Waals surface area contributed by atoms with E-state index < -0.39 is 0 Å². The molecule has 5 nitrogen and oxygen atoms in total. The van der Waals surface area contributed by atoms with E-state index in [4.69, 9.17) is 0 Å². The minimum atomic E-state index is -0.269. The van der Waals surface area contributed by atoms with E-state index in [1.807, 2.05) is 35.2 Å². The first-order valence-corrected chi connectivity index (χ1v) is 11.1. The predicted molar refractivity (Wildman–Crippen MR) is 119 cm³/mol. The second-order valence-corrected chi connectivity index (χ2v) is 8.12. The number of nitrogens with zero attached hydrogens (tertiary/aromatic N) is 4. The number of aromatic nitrogens is 2. The third-order valence-corrected chi connectivity index (χ3v) is 6.07. The Morgan fingerprint density at radius 1 is 0.900 bits per heavy atom. The molecule has 3 aromatic rings. The van der Waals surface area contributed by atoms with E-state index in [0.717, 1.165) is 30.2 Å². The van der Waals surface area contributed by atoms with Crippen LogP contribution in [0.15, 0.2) is 66.7 Å². The maximum atomic E-state index is 13.1. The van der Waals surface area contributed by atoms with Crippen molar-refractivity contribution in [3.63, 3.8) is 0 Å². The number of thioether (sulfide) groups is 1. The topological polar surface area (TPSA) is 49.3 Å². The summed E-state index contributed by atoms with van der Waals surface area (Å²) in [5.74, 6) is 2.07. The molecule has 0 radical (unpaired) electrons. The lowest BCUT2D eigenvalue weighted by Crippen LogP contribution is -2.49. The molecular formula is C23H23FN4OS. The average molecular weight is 423 g/mol. The highest BCUT2D eigenvalue weighted by Gasteiger charge is 2.22. The van der Waals surface area contributed by atoms with Crippen molar-refractivity contribution in [1.82, 2.24) is 15.1 Å². The van der Waals surface area contributed by atoms with E-state index in [0.29, 0.717) is 24.5 Å². The zero-order valence-electron chi connectivity index (χ0n) is 16.6. The van der Waals surface area contributed by atoms with Crippen molar-refractivity contribution in [2.75, 3.05) is 36.8 Å². The number of amides is 1. The quantitative estimate of drug-likeness (QED) is 0.604. The van der Waals surface area contributed by atoms with Crippen LogP contribution in [0.2, 0.25) is 0 Å². The largest absolute Gasteiger partial charge is 0.352 e. The smallest absolute Gasteiger partial charge is 0.232 e. The molecule has 7 heteroatoms. The van der Waals surface area contributed by atoms with E-state index in [-0.39, 0.29) is 11.7 Å². The van der Waals surface area contributed by atoms with Crippen molar-refractivity contribution in [3.05, 3.63) is 78.1 Å². The van der Waals surface area contributed by atoms with E-state index in [2.05, 4.69) is 27.2 Å². The molecule has 2 heterocycles. The molecule has 2 aromatic carbocycles. The highest BCUT2D eigenvalue weighted by atomic mass is 32.2. The second-order valence-electron chi connectivity index (χ2n) is 7.13. The molecule has 0 atom stereocenters. The SMILES string of the molecule is O=C(CSCc1ccccc1)N1CCN(c2ccc(-c3ccc(F)cc3)nn2)CC1. The van der Waals surface area contributed by atoms with Crippen LogP contribution < -0.4 is 4.90 Å². The van der Waals surface area contributed by atoms with Gasteiger partial charge in [0.2, 0.25) is 5.91 Å². The fourth-order valence-corrected chi connectivity index (χ4v) is 4.26. The maximum Gasteiger partial charge on any atom is 0.232 e. The van der Waals surface area contributed by atoms with Gasteiger partial charge >= 0.3 is 0 Å². The number of carbonyl (C=O) groups is 1. The third kappa shape index (κ3) is 5.16. The van der Waals surface area contributed by atoms with Gasteiger partial charge in [0.15, 0.2) is 5.82 Å². The summed E-state index contributed by atoms with van der Waals surface area (Å²) in [6.07, 6.45) is 0. The Labute approximate surface area is 179 Å². The summed E-state index contributed by atoms with van der Waals surface area (Å²) < 4.78 is 13.1. The van der Waals surface area contributed by atoms with Crippen LogP contribution >= 0.6 is 11.8 Å². The Bertz CT molecular complexity index is 959. The highest BCUT2D eigenvalue weighted by Crippen LogP contribution is 2.20. The molecule has 0 saturated carbocycles. The van der Waals surface area contributed by atoms with Crippen molar-refractivity contribution >= 4 is 23.5 Å². The van der Waals surface area contributed by atoms with Crippen molar-refractivity contribution in [3.8, 4) is 11.3 Å². The summed E-state index contributed by atoms with van der Waals surface area (Å²) in [6.45, 7) is 2.84. The molecule has 0 unspecified atom stereocenters. The van der Waals surface area contributed by atoms with Gasteiger partial charge in [-0.1, -0.05) is 30.3 Å². The molecule has 0 aliphatic carbocycles. The minimum Gasteiger partial charge on any atom is -0.352 e.